The lowest BCUT2D eigenvalue weighted by Gasteiger charge is -2.46. The number of ether oxygens (including phenoxy) is 3. The van der Waals surface area contributed by atoms with Crippen molar-refractivity contribution >= 4 is 28.5 Å². The molecule has 5 N–H and O–H groups in total. The molecular weight excluding hydrogens is 508 g/mol. The number of methoxy groups -OCH3 is 2. The summed E-state index contributed by atoms with van der Waals surface area (Å²) in [7, 11) is 2.61. The summed E-state index contributed by atoms with van der Waals surface area (Å²) in [6.45, 7) is -0.590. The van der Waals surface area contributed by atoms with E-state index in [-0.39, 0.29) is 12.8 Å². The molecule has 11 heteroatoms. The molecule has 208 valence electrons. The van der Waals surface area contributed by atoms with Gasteiger partial charge in [-0.05, 0) is 23.3 Å². The van der Waals surface area contributed by atoms with Crippen LogP contribution in [-0.4, -0.2) is 88.8 Å². The van der Waals surface area contributed by atoms with Gasteiger partial charge in [-0.3, -0.25) is 9.59 Å². The number of carbonyl (C=O) groups excluding carboxylic acids is 2. The minimum atomic E-state index is -1.61. The molecule has 7 atom stereocenters. The maximum Gasteiger partial charge on any atom is 0.310 e. The predicted molar refractivity (Wildman–Crippen MR) is 139 cm³/mol. The van der Waals surface area contributed by atoms with Crippen LogP contribution in [0.4, 0.5) is 5.69 Å². The third-order valence-corrected chi connectivity index (χ3v) is 7.74. The van der Waals surface area contributed by atoms with Gasteiger partial charge in [0.2, 0.25) is 0 Å². The van der Waals surface area contributed by atoms with Crippen LogP contribution in [0.2, 0.25) is 0 Å². The zero-order chi connectivity index (χ0) is 27.8. The van der Waals surface area contributed by atoms with Gasteiger partial charge in [-0.15, -0.1) is 0 Å². The van der Waals surface area contributed by atoms with Crippen LogP contribution >= 0.6 is 0 Å². The normalized spacial score (nSPS) is 28.4. The van der Waals surface area contributed by atoms with Gasteiger partial charge in [0.15, 0.2) is 6.23 Å². The molecule has 5 rings (SSSR count). The number of rotatable bonds is 7. The third-order valence-electron chi connectivity index (χ3n) is 7.74. The van der Waals surface area contributed by atoms with Gasteiger partial charge in [0, 0.05) is 28.2 Å². The summed E-state index contributed by atoms with van der Waals surface area (Å²) in [5.74, 6) is -1.42. The Hall–Kier alpha value is -3.48. The molecule has 1 aromatic heterocycles. The summed E-state index contributed by atoms with van der Waals surface area (Å²) in [5.41, 5.74) is 3.41. The van der Waals surface area contributed by atoms with E-state index in [1.807, 2.05) is 42.5 Å². The third kappa shape index (κ3) is 4.66. The molecule has 1 saturated heterocycles. The highest BCUT2D eigenvalue weighted by molar-refractivity contribution is 5.89. The number of hydrogen-bond acceptors (Lipinski definition) is 10. The van der Waals surface area contributed by atoms with E-state index in [1.54, 1.807) is 11.0 Å². The van der Waals surface area contributed by atoms with Gasteiger partial charge in [-0.2, -0.15) is 0 Å². The first-order valence-corrected chi connectivity index (χ1v) is 12.7. The molecule has 0 aliphatic carbocycles. The monoisotopic (exact) mass is 540 g/mol. The Morgan fingerprint density at radius 1 is 0.949 bits per heavy atom. The van der Waals surface area contributed by atoms with E-state index in [1.165, 1.54) is 14.2 Å². The smallest absolute Gasteiger partial charge is 0.310 e. The average molecular weight is 541 g/mol. The minimum absolute atomic E-state index is 0.0286. The molecule has 2 aliphatic heterocycles. The van der Waals surface area contributed by atoms with Crippen LogP contribution in [0.5, 0.6) is 0 Å². The number of esters is 2. The number of aromatic amines is 1. The second kappa shape index (κ2) is 10.9. The lowest BCUT2D eigenvalue weighted by molar-refractivity contribution is -0.230. The Labute approximate surface area is 224 Å². The summed E-state index contributed by atoms with van der Waals surface area (Å²) >= 11 is 0. The molecule has 0 amide bonds. The number of fused-ring (bicyclic) bond motifs is 2. The fourth-order valence-corrected chi connectivity index (χ4v) is 5.86. The van der Waals surface area contributed by atoms with E-state index in [4.69, 9.17) is 14.2 Å². The second-order valence-corrected chi connectivity index (χ2v) is 9.83. The molecule has 0 radical (unpaired) electrons. The predicted octanol–water partition coefficient (Wildman–Crippen LogP) is 0.891. The average Bonchev–Trinajstić information content (AvgIpc) is 3.47. The highest BCUT2D eigenvalue weighted by Crippen LogP contribution is 2.53. The molecule has 3 aromatic rings. The summed E-state index contributed by atoms with van der Waals surface area (Å²) in [5, 5.41) is 42.9. The van der Waals surface area contributed by atoms with Crippen LogP contribution in [0.1, 0.15) is 35.2 Å². The molecule has 0 unspecified atom stereocenters. The van der Waals surface area contributed by atoms with E-state index in [0.29, 0.717) is 16.9 Å². The van der Waals surface area contributed by atoms with Crippen LogP contribution in [0.15, 0.2) is 48.5 Å². The highest BCUT2D eigenvalue weighted by atomic mass is 16.6. The quantitative estimate of drug-likeness (QED) is 0.272. The Balaban J connectivity index is 1.73. The number of para-hydroxylation sites is 2. The second-order valence-electron chi connectivity index (χ2n) is 9.83. The molecule has 39 heavy (non-hydrogen) atoms. The number of carbonyl (C=O) groups is 2. The number of aliphatic hydroxyl groups is 4. The zero-order valence-electron chi connectivity index (χ0n) is 21.6. The summed E-state index contributed by atoms with van der Waals surface area (Å²) in [6.07, 6.45) is -7.15. The Kier molecular flexibility index (Phi) is 7.61. The van der Waals surface area contributed by atoms with Gasteiger partial charge in [0.1, 0.15) is 24.4 Å². The maximum atomic E-state index is 12.7. The first kappa shape index (κ1) is 27.1. The maximum absolute atomic E-state index is 12.7. The fourth-order valence-electron chi connectivity index (χ4n) is 5.86. The van der Waals surface area contributed by atoms with Gasteiger partial charge >= 0.3 is 11.9 Å². The topological polar surface area (TPSA) is 162 Å². The Morgan fingerprint density at radius 3 is 2.36 bits per heavy atom. The molecule has 11 nitrogen and oxygen atoms in total. The molecule has 2 aromatic carbocycles. The summed E-state index contributed by atoms with van der Waals surface area (Å²) in [6, 6.07) is 14.1. The van der Waals surface area contributed by atoms with Gasteiger partial charge in [0.25, 0.3) is 0 Å². The number of nitrogens with one attached hydrogen (secondary N) is 1. The van der Waals surface area contributed by atoms with Crippen molar-refractivity contribution in [1.82, 2.24) is 4.98 Å². The van der Waals surface area contributed by atoms with Crippen molar-refractivity contribution < 1.29 is 44.2 Å². The van der Waals surface area contributed by atoms with Crippen molar-refractivity contribution in [2.45, 2.75) is 55.4 Å². The highest BCUT2D eigenvalue weighted by Gasteiger charge is 2.52. The number of H-pyrrole nitrogens is 1. The van der Waals surface area contributed by atoms with Crippen molar-refractivity contribution in [3.8, 4) is 0 Å². The van der Waals surface area contributed by atoms with Gasteiger partial charge in [-0.1, -0.05) is 36.4 Å². The standard InChI is InChI=1S/C28H32N2O9/c1-37-21(32)11-16-14-7-3-5-9-18(14)29-23(16)24-17(12-22(33)38-2)15-8-4-6-10-19(15)30(24)28-27(36)26(35)25(34)20(13-31)39-28/h3-10,17,20,24-29,31,34-36H,11-13H2,1-2H3/t17-,20-,24-,25-,26+,27-,28-/m1/s1. The van der Waals surface area contributed by atoms with Crippen LogP contribution in [-0.2, 0) is 30.2 Å². The minimum Gasteiger partial charge on any atom is -0.469 e. The lowest BCUT2D eigenvalue weighted by Crippen LogP contribution is -2.63. The molecule has 2 aliphatic rings. The number of aromatic nitrogens is 1. The van der Waals surface area contributed by atoms with E-state index in [2.05, 4.69) is 4.98 Å². The molecule has 0 saturated carbocycles. The number of anilines is 1. The van der Waals surface area contributed by atoms with Crippen molar-refractivity contribution in [3.05, 3.63) is 65.4 Å². The Bertz CT molecular complexity index is 1360. The lowest BCUT2D eigenvalue weighted by atomic mass is 9.87. The summed E-state index contributed by atoms with van der Waals surface area (Å²) in [4.78, 5) is 30.4. The first-order chi connectivity index (χ1) is 18.8. The number of nitrogens with zero attached hydrogens (tertiary/aromatic N) is 1. The number of aliphatic hydroxyl groups excluding tert-OH is 4. The van der Waals surface area contributed by atoms with Gasteiger partial charge in [0.05, 0.1) is 39.7 Å². The molecule has 0 spiro atoms. The molecule has 3 heterocycles. The van der Waals surface area contributed by atoms with E-state index in [9.17, 15) is 30.0 Å². The Morgan fingerprint density at radius 2 is 1.64 bits per heavy atom. The number of benzene rings is 2. The van der Waals surface area contributed by atoms with E-state index < -0.39 is 61.1 Å². The number of hydrogen-bond donors (Lipinski definition) is 5. The van der Waals surface area contributed by atoms with Crippen molar-refractivity contribution in [1.29, 1.82) is 0 Å². The molecule has 0 bridgehead atoms. The van der Waals surface area contributed by atoms with Crippen LogP contribution in [0.3, 0.4) is 0 Å². The fraction of sp³-hybridized carbons (Fsp3) is 0.429. The molecular formula is C28H32N2O9. The van der Waals surface area contributed by atoms with Crippen LogP contribution in [0.25, 0.3) is 10.9 Å². The van der Waals surface area contributed by atoms with E-state index >= 15 is 0 Å². The van der Waals surface area contributed by atoms with E-state index in [0.717, 1.165) is 16.5 Å². The summed E-state index contributed by atoms with van der Waals surface area (Å²) < 4.78 is 16.0. The largest absolute Gasteiger partial charge is 0.469 e. The molecule has 1 fully saturated rings. The first-order valence-electron chi connectivity index (χ1n) is 12.7. The van der Waals surface area contributed by atoms with Crippen LogP contribution < -0.4 is 4.90 Å². The van der Waals surface area contributed by atoms with Crippen molar-refractivity contribution in [2.24, 2.45) is 0 Å². The van der Waals surface area contributed by atoms with Gasteiger partial charge in [-0.25, -0.2) is 0 Å². The zero-order valence-corrected chi connectivity index (χ0v) is 21.6. The van der Waals surface area contributed by atoms with Crippen molar-refractivity contribution in [3.63, 3.8) is 0 Å². The SMILES string of the molecule is COC(=O)Cc1c([C@H]2[C@H](CC(=O)OC)c3ccccc3N2[C@@H]2O[C@H](CO)[C@@H](O)[C@H](O)[C@H]2O)[nH]c2ccccc12. The van der Waals surface area contributed by atoms with Crippen molar-refractivity contribution in [2.75, 3.05) is 25.7 Å². The van der Waals surface area contributed by atoms with Gasteiger partial charge < -0.3 is 44.5 Å². The van der Waals surface area contributed by atoms with Crippen LogP contribution in [0, 0.1) is 0 Å².